The smallest absolute Gasteiger partial charge is 0.243 e. The van der Waals surface area contributed by atoms with E-state index >= 15 is 0 Å². The highest BCUT2D eigenvalue weighted by Gasteiger charge is 2.32. The molecule has 33 heavy (non-hydrogen) atoms. The number of nitrogens with one attached hydrogen (secondary N) is 1. The highest BCUT2D eigenvalue weighted by Crippen LogP contribution is 2.22. The SMILES string of the molecule is CCOc1ccc(CCC(=O)N2CCNC(=O)C2Cc2cccc(-c3cccnc3)c2)cc1. The Bertz CT molecular complexity index is 1080. The largest absolute Gasteiger partial charge is 0.494 e. The van der Waals surface area contributed by atoms with Crippen LogP contribution in [-0.2, 0) is 22.4 Å². The van der Waals surface area contributed by atoms with Crippen molar-refractivity contribution < 1.29 is 14.3 Å². The van der Waals surface area contributed by atoms with E-state index in [-0.39, 0.29) is 11.8 Å². The van der Waals surface area contributed by atoms with Crippen LogP contribution in [0.25, 0.3) is 11.1 Å². The molecule has 2 heterocycles. The zero-order chi connectivity index (χ0) is 23.0. The van der Waals surface area contributed by atoms with Crippen molar-refractivity contribution >= 4 is 11.8 Å². The number of hydrogen-bond donors (Lipinski definition) is 1. The second-order valence-electron chi connectivity index (χ2n) is 8.12. The molecule has 170 valence electrons. The van der Waals surface area contributed by atoms with Gasteiger partial charge in [-0.05, 0) is 53.8 Å². The number of nitrogens with zero attached hydrogens (tertiary/aromatic N) is 2. The molecule has 0 aliphatic carbocycles. The number of rotatable bonds is 8. The van der Waals surface area contributed by atoms with Crippen LogP contribution in [0.3, 0.4) is 0 Å². The molecule has 1 saturated heterocycles. The number of carbonyl (C=O) groups excluding carboxylic acids is 2. The molecular formula is C27H29N3O3. The molecule has 2 aromatic carbocycles. The summed E-state index contributed by atoms with van der Waals surface area (Å²) < 4.78 is 5.48. The Kier molecular flexibility index (Phi) is 7.35. The summed E-state index contributed by atoms with van der Waals surface area (Å²) in [6.45, 7) is 3.59. The molecule has 1 N–H and O–H groups in total. The van der Waals surface area contributed by atoms with Crippen molar-refractivity contribution in [2.45, 2.75) is 32.2 Å². The first-order valence-corrected chi connectivity index (χ1v) is 11.4. The summed E-state index contributed by atoms with van der Waals surface area (Å²) in [7, 11) is 0. The molecule has 4 rings (SSSR count). The molecule has 1 aromatic heterocycles. The van der Waals surface area contributed by atoms with Crippen LogP contribution in [0.4, 0.5) is 0 Å². The molecule has 0 bridgehead atoms. The van der Waals surface area contributed by atoms with Gasteiger partial charge >= 0.3 is 0 Å². The van der Waals surface area contributed by atoms with E-state index in [1.54, 1.807) is 11.1 Å². The third-order valence-electron chi connectivity index (χ3n) is 5.86. The van der Waals surface area contributed by atoms with Crippen molar-refractivity contribution in [3.8, 4) is 16.9 Å². The van der Waals surface area contributed by atoms with Crippen molar-refractivity contribution in [3.63, 3.8) is 0 Å². The summed E-state index contributed by atoms with van der Waals surface area (Å²) >= 11 is 0. The van der Waals surface area contributed by atoms with Crippen LogP contribution in [0, 0.1) is 0 Å². The van der Waals surface area contributed by atoms with Gasteiger partial charge in [0.05, 0.1) is 6.61 Å². The lowest BCUT2D eigenvalue weighted by molar-refractivity contribution is -0.143. The number of aromatic nitrogens is 1. The van der Waals surface area contributed by atoms with E-state index in [4.69, 9.17) is 4.74 Å². The van der Waals surface area contributed by atoms with Crippen molar-refractivity contribution in [2.75, 3.05) is 19.7 Å². The predicted molar refractivity (Wildman–Crippen MR) is 128 cm³/mol. The topological polar surface area (TPSA) is 71.5 Å². The average Bonchev–Trinajstić information content (AvgIpc) is 2.85. The van der Waals surface area contributed by atoms with Crippen molar-refractivity contribution in [3.05, 3.63) is 84.2 Å². The van der Waals surface area contributed by atoms with Gasteiger partial charge in [0.2, 0.25) is 11.8 Å². The third kappa shape index (κ3) is 5.77. The zero-order valence-corrected chi connectivity index (χ0v) is 18.9. The first-order valence-electron chi connectivity index (χ1n) is 11.4. The number of pyridine rings is 1. The van der Waals surface area contributed by atoms with Gasteiger partial charge < -0.3 is 15.0 Å². The maximum Gasteiger partial charge on any atom is 0.243 e. The van der Waals surface area contributed by atoms with Gasteiger partial charge in [0.1, 0.15) is 11.8 Å². The van der Waals surface area contributed by atoms with Gasteiger partial charge in [-0.1, -0.05) is 42.5 Å². The first-order chi connectivity index (χ1) is 16.1. The second kappa shape index (κ2) is 10.8. The van der Waals surface area contributed by atoms with E-state index in [0.717, 1.165) is 28.0 Å². The normalized spacial score (nSPS) is 15.7. The molecule has 6 heteroatoms. The van der Waals surface area contributed by atoms with Gasteiger partial charge in [0.15, 0.2) is 0 Å². The van der Waals surface area contributed by atoms with Crippen LogP contribution in [-0.4, -0.2) is 47.4 Å². The molecule has 2 amide bonds. The highest BCUT2D eigenvalue weighted by atomic mass is 16.5. The van der Waals surface area contributed by atoms with E-state index in [2.05, 4.69) is 16.4 Å². The highest BCUT2D eigenvalue weighted by molar-refractivity contribution is 5.89. The standard InChI is InChI=1S/C27H29N3O3/c1-2-33-24-11-8-20(9-12-24)10-13-26(31)30-16-15-29-27(32)25(30)18-21-5-3-6-22(17-21)23-7-4-14-28-19-23/h3-9,11-12,14,17,19,25H,2,10,13,15-16,18H2,1H3,(H,29,32). The summed E-state index contributed by atoms with van der Waals surface area (Å²) in [6.07, 6.45) is 5.05. The molecule has 1 unspecified atom stereocenters. The fourth-order valence-corrected chi connectivity index (χ4v) is 4.16. The number of hydrogen-bond acceptors (Lipinski definition) is 4. The number of benzene rings is 2. The lowest BCUT2D eigenvalue weighted by Crippen LogP contribution is -2.58. The van der Waals surface area contributed by atoms with E-state index in [9.17, 15) is 9.59 Å². The average molecular weight is 444 g/mol. The van der Waals surface area contributed by atoms with Gasteiger partial charge in [0, 0.05) is 38.3 Å². The lowest BCUT2D eigenvalue weighted by atomic mass is 9.98. The Balaban J connectivity index is 1.43. The van der Waals surface area contributed by atoms with Crippen molar-refractivity contribution in [1.29, 1.82) is 0 Å². The molecule has 0 radical (unpaired) electrons. The van der Waals surface area contributed by atoms with Crippen molar-refractivity contribution in [2.24, 2.45) is 0 Å². The minimum absolute atomic E-state index is 0.00662. The molecule has 1 atom stereocenters. The van der Waals surface area contributed by atoms with Gasteiger partial charge in [-0.3, -0.25) is 14.6 Å². The summed E-state index contributed by atoms with van der Waals surface area (Å²) in [5.41, 5.74) is 4.16. The Labute approximate surface area is 194 Å². The molecule has 0 spiro atoms. The Morgan fingerprint density at radius 1 is 1.09 bits per heavy atom. The summed E-state index contributed by atoms with van der Waals surface area (Å²) in [5.74, 6) is 0.739. The van der Waals surface area contributed by atoms with Crippen LogP contribution >= 0.6 is 0 Å². The number of carbonyl (C=O) groups is 2. The lowest BCUT2D eigenvalue weighted by Gasteiger charge is -2.35. The maximum atomic E-state index is 13.1. The third-order valence-corrected chi connectivity index (χ3v) is 5.86. The summed E-state index contributed by atoms with van der Waals surface area (Å²) in [4.78, 5) is 31.7. The summed E-state index contributed by atoms with van der Waals surface area (Å²) in [6, 6.07) is 19.3. The van der Waals surface area contributed by atoms with Crippen LogP contribution in [0.15, 0.2) is 73.1 Å². The van der Waals surface area contributed by atoms with Crippen LogP contribution in [0.2, 0.25) is 0 Å². The second-order valence-corrected chi connectivity index (χ2v) is 8.12. The predicted octanol–water partition coefficient (Wildman–Crippen LogP) is 3.65. The quantitative estimate of drug-likeness (QED) is 0.577. The molecule has 6 nitrogen and oxygen atoms in total. The van der Waals surface area contributed by atoms with E-state index in [1.807, 2.05) is 67.7 Å². The van der Waals surface area contributed by atoms with Crippen molar-refractivity contribution in [1.82, 2.24) is 15.2 Å². The Morgan fingerprint density at radius 2 is 1.91 bits per heavy atom. The van der Waals surface area contributed by atoms with E-state index in [1.165, 1.54) is 0 Å². The molecule has 1 aliphatic heterocycles. The monoisotopic (exact) mass is 443 g/mol. The molecular weight excluding hydrogens is 414 g/mol. The minimum atomic E-state index is -0.504. The number of ether oxygens (including phenoxy) is 1. The number of piperazine rings is 1. The molecule has 1 fully saturated rings. The fraction of sp³-hybridized carbons (Fsp3) is 0.296. The summed E-state index contributed by atoms with van der Waals surface area (Å²) in [5, 5.41) is 2.92. The zero-order valence-electron chi connectivity index (χ0n) is 18.9. The Morgan fingerprint density at radius 3 is 2.67 bits per heavy atom. The van der Waals surface area contributed by atoms with E-state index in [0.29, 0.717) is 39.0 Å². The van der Waals surface area contributed by atoms with Crippen LogP contribution < -0.4 is 10.1 Å². The number of amides is 2. The van der Waals surface area contributed by atoms with Gasteiger partial charge in [-0.15, -0.1) is 0 Å². The fourth-order valence-electron chi connectivity index (χ4n) is 4.16. The number of aryl methyl sites for hydroxylation is 1. The maximum absolute atomic E-state index is 13.1. The van der Waals surface area contributed by atoms with Crippen LogP contribution in [0.1, 0.15) is 24.5 Å². The van der Waals surface area contributed by atoms with Crippen LogP contribution in [0.5, 0.6) is 5.75 Å². The minimum Gasteiger partial charge on any atom is -0.494 e. The molecule has 0 saturated carbocycles. The Hall–Kier alpha value is -3.67. The van der Waals surface area contributed by atoms with Gasteiger partial charge in [0.25, 0.3) is 0 Å². The molecule has 1 aliphatic rings. The van der Waals surface area contributed by atoms with Gasteiger partial charge in [-0.25, -0.2) is 0 Å². The first kappa shape index (κ1) is 22.5. The van der Waals surface area contributed by atoms with Gasteiger partial charge in [-0.2, -0.15) is 0 Å². The molecule has 3 aromatic rings. The van der Waals surface area contributed by atoms with E-state index < -0.39 is 6.04 Å².